The number of carbonyl (C=O) groups excluding carboxylic acids is 1. The van der Waals surface area contributed by atoms with Crippen LogP contribution in [0.15, 0.2) is 64.7 Å². The number of nitrogens with one attached hydrogen (secondary N) is 1. The van der Waals surface area contributed by atoms with Gasteiger partial charge in [0.2, 0.25) is 0 Å². The van der Waals surface area contributed by atoms with Gasteiger partial charge in [0.15, 0.2) is 5.76 Å². The van der Waals surface area contributed by atoms with Gasteiger partial charge in [-0.3, -0.25) is 4.79 Å². The molecule has 0 aliphatic carbocycles. The second-order valence-electron chi connectivity index (χ2n) is 5.16. The number of pyridine rings is 1. The summed E-state index contributed by atoms with van der Waals surface area (Å²) in [6.45, 7) is 0.406. The predicted molar refractivity (Wildman–Crippen MR) is 92.7 cm³/mol. The standard InChI is InChI=1S/C18H13N3O2S/c22-18(20-11-17-19-7-9-24-17)13-10-15(16-6-3-8-23-16)21-14-5-2-1-4-12(13)14/h1-10H,11H2,(H,20,22). The Morgan fingerprint density at radius 1 is 1.21 bits per heavy atom. The van der Waals surface area contributed by atoms with Crippen molar-refractivity contribution < 1.29 is 9.21 Å². The highest BCUT2D eigenvalue weighted by molar-refractivity contribution is 7.09. The largest absolute Gasteiger partial charge is 0.463 e. The summed E-state index contributed by atoms with van der Waals surface area (Å²) < 4.78 is 5.42. The normalized spacial score (nSPS) is 10.8. The number of rotatable bonds is 4. The van der Waals surface area contributed by atoms with Crippen LogP contribution >= 0.6 is 11.3 Å². The number of thiazole rings is 1. The maximum Gasteiger partial charge on any atom is 0.252 e. The van der Waals surface area contributed by atoms with E-state index in [4.69, 9.17) is 4.42 Å². The summed E-state index contributed by atoms with van der Waals surface area (Å²) >= 11 is 1.51. The minimum absolute atomic E-state index is 0.156. The minimum Gasteiger partial charge on any atom is -0.463 e. The van der Waals surface area contributed by atoms with E-state index in [1.54, 1.807) is 24.6 Å². The summed E-state index contributed by atoms with van der Waals surface area (Å²) in [4.78, 5) is 21.4. The Balaban J connectivity index is 1.73. The van der Waals surface area contributed by atoms with Crippen molar-refractivity contribution in [2.24, 2.45) is 0 Å². The number of carbonyl (C=O) groups is 1. The van der Waals surface area contributed by atoms with E-state index in [9.17, 15) is 4.79 Å². The van der Waals surface area contributed by atoms with Crippen molar-refractivity contribution in [3.05, 3.63) is 70.9 Å². The molecule has 118 valence electrons. The van der Waals surface area contributed by atoms with Gasteiger partial charge in [0.1, 0.15) is 10.7 Å². The lowest BCUT2D eigenvalue weighted by atomic mass is 10.1. The summed E-state index contributed by atoms with van der Waals surface area (Å²) in [5.74, 6) is 0.478. The molecule has 0 bridgehead atoms. The Labute approximate surface area is 142 Å². The Hall–Kier alpha value is -2.99. The molecular weight excluding hydrogens is 322 g/mol. The highest BCUT2D eigenvalue weighted by Crippen LogP contribution is 2.25. The average molecular weight is 335 g/mol. The Morgan fingerprint density at radius 3 is 2.92 bits per heavy atom. The van der Waals surface area contributed by atoms with E-state index in [1.807, 2.05) is 35.7 Å². The molecule has 0 fully saturated rings. The minimum atomic E-state index is -0.156. The van der Waals surface area contributed by atoms with Gasteiger partial charge in [0.25, 0.3) is 5.91 Å². The Bertz CT molecular complexity index is 979. The van der Waals surface area contributed by atoms with Gasteiger partial charge < -0.3 is 9.73 Å². The van der Waals surface area contributed by atoms with E-state index in [0.717, 1.165) is 15.9 Å². The van der Waals surface area contributed by atoms with Gasteiger partial charge in [-0.15, -0.1) is 11.3 Å². The van der Waals surface area contributed by atoms with Gasteiger partial charge in [0, 0.05) is 17.0 Å². The van der Waals surface area contributed by atoms with Crippen LogP contribution in [0.3, 0.4) is 0 Å². The molecule has 4 rings (SSSR count). The molecular formula is C18H13N3O2S. The molecule has 4 aromatic rings. The molecule has 1 amide bonds. The SMILES string of the molecule is O=C(NCc1nccs1)c1cc(-c2ccco2)nc2ccccc12. The second-order valence-corrected chi connectivity index (χ2v) is 6.14. The van der Waals surface area contributed by atoms with E-state index < -0.39 is 0 Å². The number of fused-ring (bicyclic) bond motifs is 1. The number of furan rings is 1. The number of amides is 1. The van der Waals surface area contributed by atoms with Crippen LogP contribution in [-0.2, 0) is 6.54 Å². The first-order chi connectivity index (χ1) is 11.8. The third kappa shape index (κ3) is 2.79. The molecule has 5 nitrogen and oxygen atoms in total. The molecule has 1 N–H and O–H groups in total. The van der Waals surface area contributed by atoms with Crippen LogP contribution < -0.4 is 5.32 Å². The zero-order chi connectivity index (χ0) is 16.4. The second kappa shape index (κ2) is 6.25. The summed E-state index contributed by atoms with van der Waals surface area (Å²) in [7, 11) is 0. The summed E-state index contributed by atoms with van der Waals surface area (Å²) in [6.07, 6.45) is 3.32. The number of nitrogens with zero attached hydrogens (tertiary/aromatic N) is 2. The third-order valence-corrected chi connectivity index (χ3v) is 4.40. The first-order valence-corrected chi connectivity index (χ1v) is 8.29. The molecule has 3 aromatic heterocycles. The number of para-hydroxylation sites is 1. The quantitative estimate of drug-likeness (QED) is 0.614. The van der Waals surface area contributed by atoms with E-state index in [1.165, 1.54) is 11.3 Å². The molecule has 0 aliphatic heterocycles. The number of hydrogen-bond donors (Lipinski definition) is 1. The van der Waals surface area contributed by atoms with Crippen molar-refractivity contribution in [1.29, 1.82) is 0 Å². The molecule has 1 aromatic carbocycles. The topological polar surface area (TPSA) is 68.0 Å². The first kappa shape index (κ1) is 14.6. The van der Waals surface area contributed by atoms with Crippen LogP contribution in [0.1, 0.15) is 15.4 Å². The molecule has 0 saturated heterocycles. The molecule has 0 spiro atoms. The lowest BCUT2D eigenvalue weighted by Gasteiger charge is -2.09. The van der Waals surface area contributed by atoms with Crippen molar-refractivity contribution in [2.75, 3.05) is 0 Å². The fourth-order valence-corrected chi connectivity index (χ4v) is 3.06. The van der Waals surface area contributed by atoms with Crippen molar-refractivity contribution in [3.63, 3.8) is 0 Å². The first-order valence-electron chi connectivity index (χ1n) is 7.41. The number of hydrogen-bond acceptors (Lipinski definition) is 5. The highest BCUT2D eigenvalue weighted by Gasteiger charge is 2.15. The van der Waals surface area contributed by atoms with Crippen LogP contribution in [0.4, 0.5) is 0 Å². The van der Waals surface area contributed by atoms with Crippen LogP contribution in [0.2, 0.25) is 0 Å². The van der Waals surface area contributed by atoms with Crippen LogP contribution in [0, 0.1) is 0 Å². The van der Waals surface area contributed by atoms with Crippen molar-refractivity contribution in [2.45, 2.75) is 6.54 Å². The lowest BCUT2D eigenvalue weighted by Crippen LogP contribution is -2.23. The summed E-state index contributed by atoms with van der Waals surface area (Å²) in [5.41, 5.74) is 1.97. The van der Waals surface area contributed by atoms with Gasteiger partial charge in [-0.25, -0.2) is 9.97 Å². The van der Waals surface area contributed by atoms with Gasteiger partial charge in [-0.05, 0) is 24.3 Å². The van der Waals surface area contributed by atoms with E-state index in [-0.39, 0.29) is 5.91 Å². The van der Waals surface area contributed by atoms with Crippen molar-refractivity contribution in [3.8, 4) is 11.5 Å². The lowest BCUT2D eigenvalue weighted by molar-refractivity contribution is 0.0952. The van der Waals surface area contributed by atoms with E-state index in [0.29, 0.717) is 23.6 Å². The third-order valence-electron chi connectivity index (χ3n) is 3.62. The molecule has 0 atom stereocenters. The summed E-state index contributed by atoms with van der Waals surface area (Å²) in [5, 5.41) is 6.48. The molecule has 6 heteroatoms. The molecule has 0 radical (unpaired) electrons. The average Bonchev–Trinajstić information content (AvgIpc) is 3.32. The van der Waals surface area contributed by atoms with Gasteiger partial charge >= 0.3 is 0 Å². The molecule has 3 heterocycles. The molecule has 24 heavy (non-hydrogen) atoms. The van der Waals surface area contributed by atoms with E-state index >= 15 is 0 Å². The fourth-order valence-electron chi connectivity index (χ4n) is 2.51. The van der Waals surface area contributed by atoms with Crippen LogP contribution in [0.25, 0.3) is 22.4 Å². The Kier molecular flexibility index (Phi) is 3.80. The van der Waals surface area contributed by atoms with Crippen LogP contribution in [-0.4, -0.2) is 15.9 Å². The molecule has 0 aliphatic rings. The Morgan fingerprint density at radius 2 is 2.12 bits per heavy atom. The van der Waals surface area contributed by atoms with Gasteiger partial charge in [-0.1, -0.05) is 18.2 Å². The zero-order valence-electron chi connectivity index (χ0n) is 12.6. The smallest absolute Gasteiger partial charge is 0.252 e. The highest BCUT2D eigenvalue weighted by atomic mass is 32.1. The maximum atomic E-state index is 12.7. The van der Waals surface area contributed by atoms with Crippen molar-refractivity contribution >= 4 is 28.1 Å². The maximum absolute atomic E-state index is 12.7. The van der Waals surface area contributed by atoms with E-state index in [2.05, 4.69) is 15.3 Å². The fraction of sp³-hybridized carbons (Fsp3) is 0.0556. The predicted octanol–water partition coefficient (Wildman–Crippen LogP) is 3.88. The van der Waals surface area contributed by atoms with Crippen molar-refractivity contribution in [1.82, 2.24) is 15.3 Å². The van der Waals surface area contributed by atoms with Gasteiger partial charge in [-0.2, -0.15) is 0 Å². The number of aromatic nitrogens is 2. The number of benzene rings is 1. The molecule has 0 saturated carbocycles. The van der Waals surface area contributed by atoms with Crippen LogP contribution in [0.5, 0.6) is 0 Å². The zero-order valence-corrected chi connectivity index (χ0v) is 13.4. The summed E-state index contributed by atoms with van der Waals surface area (Å²) in [6, 6.07) is 13.0. The monoisotopic (exact) mass is 335 g/mol. The van der Waals surface area contributed by atoms with Gasteiger partial charge in [0.05, 0.1) is 23.9 Å². The molecule has 0 unspecified atom stereocenters.